The predicted molar refractivity (Wildman–Crippen MR) is 74.2 cm³/mol. The van der Waals surface area contributed by atoms with Crippen LogP contribution in [0.15, 0.2) is 24.3 Å². The number of rotatable bonds is 6. The van der Waals surface area contributed by atoms with Gasteiger partial charge in [-0.25, -0.2) is 8.42 Å². The highest BCUT2D eigenvalue weighted by Crippen LogP contribution is 2.33. The highest BCUT2D eigenvalue weighted by molar-refractivity contribution is 7.90. The molecule has 1 fully saturated rings. The average molecular weight is 267 g/mol. The van der Waals surface area contributed by atoms with Gasteiger partial charge in [0.05, 0.1) is 11.5 Å². The second-order valence-corrected chi connectivity index (χ2v) is 7.32. The van der Waals surface area contributed by atoms with E-state index in [-0.39, 0.29) is 17.5 Å². The number of aryl methyl sites for hydroxylation is 1. The van der Waals surface area contributed by atoms with Crippen LogP contribution in [0.5, 0.6) is 0 Å². The van der Waals surface area contributed by atoms with Gasteiger partial charge in [0.2, 0.25) is 0 Å². The molecule has 2 rings (SSSR count). The van der Waals surface area contributed by atoms with Crippen LogP contribution in [-0.4, -0.2) is 27.3 Å². The molecule has 1 unspecified atom stereocenters. The molecule has 0 amide bonds. The van der Waals surface area contributed by atoms with E-state index in [2.05, 4.69) is 5.32 Å². The maximum absolute atomic E-state index is 12.2. The lowest BCUT2D eigenvalue weighted by molar-refractivity contribution is 0.527. The van der Waals surface area contributed by atoms with Gasteiger partial charge in [0.15, 0.2) is 9.84 Å². The summed E-state index contributed by atoms with van der Waals surface area (Å²) in [6.07, 6.45) is 2.32. The van der Waals surface area contributed by atoms with E-state index in [1.54, 1.807) is 0 Å². The van der Waals surface area contributed by atoms with Crippen LogP contribution in [0.1, 0.15) is 24.0 Å². The summed E-state index contributed by atoms with van der Waals surface area (Å²) < 4.78 is 24.4. The summed E-state index contributed by atoms with van der Waals surface area (Å²) in [6, 6.07) is 7.82. The number of hydrogen-bond donors (Lipinski definition) is 1. The summed E-state index contributed by atoms with van der Waals surface area (Å²) >= 11 is 0. The Bertz CT molecular complexity index is 506. The fourth-order valence-electron chi connectivity index (χ4n) is 2.30. The van der Waals surface area contributed by atoms with Gasteiger partial charge in [0, 0.05) is 6.04 Å². The minimum atomic E-state index is -3.04. The zero-order chi connectivity index (χ0) is 13.2. The Kier molecular flexibility index (Phi) is 4.07. The smallest absolute Gasteiger partial charge is 0.155 e. The summed E-state index contributed by atoms with van der Waals surface area (Å²) in [5, 5.41) is 3.14. The van der Waals surface area contributed by atoms with Crippen molar-refractivity contribution in [2.45, 2.75) is 31.6 Å². The normalized spacial score (nSPS) is 17.7. The van der Waals surface area contributed by atoms with Gasteiger partial charge in [-0.2, -0.15) is 0 Å². The molecule has 0 bridgehead atoms. The molecule has 1 aliphatic carbocycles. The van der Waals surface area contributed by atoms with E-state index in [1.165, 1.54) is 0 Å². The van der Waals surface area contributed by atoms with Crippen molar-refractivity contribution in [3.05, 3.63) is 35.4 Å². The van der Waals surface area contributed by atoms with Crippen molar-refractivity contribution in [2.75, 3.05) is 12.8 Å². The third kappa shape index (κ3) is 3.56. The molecular formula is C14H21NO2S. The van der Waals surface area contributed by atoms with Gasteiger partial charge < -0.3 is 5.32 Å². The Hall–Kier alpha value is -0.870. The molecule has 1 aliphatic rings. The Labute approximate surface area is 110 Å². The Balaban J connectivity index is 2.05. The summed E-state index contributed by atoms with van der Waals surface area (Å²) in [6.45, 7) is 1.96. The standard InChI is InChI=1S/C14H21NO2S/c1-11-5-3-4-6-13(11)9-18(16,17)10-14(15-2)12-7-8-12/h3-6,12,14-15H,7-10H2,1-2H3. The minimum absolute atomic E-state index is 0.124. The van der Waals surface area contributed by atoms with Crippen LogP contribution in [0.3, 0.4) is 0 Å². The zero-order valence-electron chi connectivity index (χ0n) is 11.0. The first-order valence-electron chi connectivity index (χ1n) is 6.44. The van der Waals surface area contributed by atoms with Crippen LogP contribution < -0.4 is 5.32 Å². The zero-order valence-corrected chi connectivity index (χ0v) is 11.8. The predicted octanol–water partition coefficient (Wildman–Crippen LogP) is 1.91. The summed E-state index contributed by atoms with van der Waals surface area (Å²) in [4.78, 5) is 0. The van der Waals surface area contributed by atoms with E-state index in [4.69, 9.17) is 0 Å². The van der Waals surface area contributed by atoms with E-state index in [9.17, 15) is 8.42 Å². The van der Waals surface area contributed by atoms with Gasteiger partial charge in [0.25, 0.3) is 0 Å². The summed E-state index contributed by atoms with van der Waals surface area (Å²) in [7, 11) is -1.18. The summed E-state index contributed by atoms with van der Waals surface area (Å²) in [5.74, 6) is 0.967. The number of benzene rings is 1. The lowest BCUT2D eigenvalue weighted by Gasteiger charge is -2.16. The fraction of sp³-hybridized carbons (Fsp3) is 0.571. The Morgan fingerprint density at radius 2 is 2.00 bits per heavy atom. The molecule has 4 heteroatoms. The molecule has 0 spiro atoms. The molecule has 0 radical (unpaired) electrons. The number of hydrogen-bond acceptors (Lipinski definition) is 3. The van der Waals surface area contributed by atoms with Crippen molar-refractivity contribution < 1.29 is 8.42 Å². The highest BCUT2D eigenvalue weighted by atomic mass is 32.2. The van der Waals surface area contributed by atoms with Crippen LogP contribution in [0, 0.1) is 12.8 Å². The molecule has 3 nitrogen and oxygen atoms in total. The van der Waals surface area contributed by atoms with Gasteiger partial charge >= 0.3 is 0 Å². The molecule has 18 heavy (non-hydrogen) atoms. The highest BCUT2D eigenvalue weighted by Gasteiger charge is 2.33. The van der Waals surface area contributed by atoms with Crippen molar-refractivity contribution in [2.24, 2.45) is 5.92 Å². The monoisotopic (exact) mass is 267 g/mol. The van der Waals surface area contributed by atoms with Crippen molar-refractivity contribution in [3.8, 4) is 0 Å². The quantitative estimate of drug-likeness (QED) is 0.856. The Morgan fingerprint density at radius 1 is 1.33 bits per heavy atom. The first-order chi connectivity index (χ1) is 8.52. The maximum atomic E-state index is 12.2. The minimum Gasteiger partial charge on any atom is -0.316 e. The van der Waals surface area contributed by atoms with E-state index in [0.29, 0.717) is 5.92 Å². The van der Waals surface area contributed by atoms with E-state index >= 15 is 0 Å². The third-order valence-corrected chi connectivity index (χ3v) is 5.25. The Morgan fingerprint density at radius 3 is 2.56 bits per heavy atom. The van der Waals surface area contributed by atoms with Gasteiger partial charge in [0.1, 0.15) is 0 Å². The molecule has 1 aromatic carbocycles. The second-order valence-electron chi connectivity index (χ2n) is 5.21. The lowest BCUT2D eigenvalue weighted by Crippen LogP contribution is -2.35. The van der Waals surface area contributed by atoms with Crippen molar-refractivity contribution >= 4 is 9.84 Å². The van der Waals surface area contributed by atoms with Crippen molar-refractivity contribution in [3.63, 3.8) is 0 Å². The van der Waals surface area contributed by atoms with Crippen molar-refractivity contribution in [1.82, 2.24) is 5.32 Å². The second kappa shape index (κ2) is 5.41. The van der Waals surface area contributed by atoms with Crippen LogP contribution in [0.2, 0.25) is 0 Å². The fourth-order valence-corrected chi connectivity index (χ4v) is 4.20. The van der Waals surface area contributed by atoms with E-state index in [1.807, 2.05) is 38.2 Å². The van der Waals surface area contributed by atoms with Gasteiger partial charge in [-0.1, -0.05) is 24.3 Å². The van der Waals surface area contributed by atoms with Crippen LogP contribution in [0.25, 0.3) is 0 Å². The third-order valence-electron chi connectivity index (χ3n) is 3.63. The molecular weight excluding hydrogens is 246 g/mol. The maximum Gasteiger partial charge on any atom is 0.155 e. The summed E-state index contributed by atoms with van der Waals surface area (Å²) in [5.41, 5.74) is 1.97. The largest absolute Gasteiger partial charge is 0.316 e. The molecule has 0 saturated heterocycles. The van der Waals surface area contributed by atoms with E-state index < -0.39 is 9.84 Å². The first kappa shape index (κ1) is 13.6. The van der Waals surface area contributed by atoms with Gasteiger partial charge in [-0.3, -0.25) is 0 Å². The van der Waals surface area contributed by atoms with Crippen LogP contribution in [0.4, 0.5) is 0 Å². The molecule has 100 valence electrons. The first-order valence-corrected chi connectivity index (χ1v) is 8.26. The molecule has 1 saturated carbocycles. The van der Waals surface area contributed by atoms with Gasteiger partial charge in [-0.05, 0) is 43.9 Å². The number of nitrogens with one attached hydrogen (secondary N) is 1. The van der Waals surface area contributed by atoms with Crippen LogP contribution >= 0.6 is 0 Å². The lowest BCUT2D eigenvalue weighted by atomic mass is 10.1. The van der Waals surface area contributed by atoms with E-state index in [0.717, 1.165) is 24.0 Å². The molecule has 0 aromatic heterocycles. The van der Waals surface area contributed by atoms with Crippen molar-refractivity contribution in [1.29, 1.82) is 0 Å². The molecule has 0 aliphatic heterocycles. The van der Waals surface area contributed by atoms with Crippen LogP contribution in [-0.2, 0) is 15.6 Å². The number of sulfone groups is 1. The molecule has 0 heterocycles. The average Bonchev–Trinajstić information content (AvgIpc) is 3.13. The molecule has 1 atom stereocenters. The molecule has 1 aromatic rings. The molecule has 1 N–H and O–H groups in total. The topological polar surface area (TPSA) is 46.2 Å². The van der Waals surface area contributed by atoms with Gasteiger partial charge in [-0.15, -0.1) is 0 Å². The SMILES string of the molecule is CNC(CS(=O)(=O)Cc1ccccc1C)C1CC1.